The Balaban J connectivity index is 1.38. The van der Waals surface area contributed by atoms with Crippen molar-refractivity contribution in [2.24, 2.45) is 5.10 Å². The molecule has 1 amide bonds. The molecule has 0 aliphatic carbocycles. The number of amides is 1. The average Bonchev–Trinajstić information content (AvgIpc) is 3.27. The number of carbonyl (C=O) groups is 1. The zero-order valence-corrected chi connectivity index (χ0v) is 21.3. The van der Waals surface area contributed by atoms with Crippen LogP contribution < -0.4 is 10.7 Å². The SMILES string of the molecule is Cc1ccc(Nc2nc(-c3ccc(C(=O)N/N=C\c4cc(Br)c(O)c(Br)c4)cc3)cs2)cc1. The van der Waals surface area contributed by atoms with Crippen LogP contribution in [0.15, 0.2) is 80.1 Å². The number of rotatable bonds is 6. The number of aromatic hydroxyl groups is 1. The minimum atomic E-state index is -0.324. The number of aromatic nitrogens is 1. The minimum absolute atomic E-state index is 0.106. The van der Waals surface area contributed by atoms with Gasteiger partial charge in [-0.25, -0.2) is 10.4 Å². The van der Waals surface area contributed by atoms with E-state index in [-0.39, 0.29) is 11.7 Å². The van der Waals surface area contributed by atoms with E-state index in [2.05, 4.69) is 59.6 Å². The lowest BCUT2D eigenvalue weighted by Gasteiger charge is -2.04. The molecule has 9 heteroatoms. The third-order valence-corrected chi connectivity index (χ3v) is 6.64. The van der Waals surface area contributed by atoms with Crippen molar-refractivity contribution in [3.63, 3.8) is 0 Å². The van der Waals surface area contributed by atoms with Crippen LogP contribution in [0.5, 0.6) is 5.75 Å². The maximum absolute atomic E-state index is 12.4. The zero-order valence-electron chi connectivity index (χ0n) is 17.3. The molecular formula is C24H18Br2N4O2S. The lowest BCUT2D eigenvalue weighted by atomic mass is 10.1. The Hall–Kier alpha value is -3.01. The molecule has 0 unspecified atom stereocenters. The Bertz CT molecular complexity index is 1300. The molecule has 166 valence electrons. The van der Waals surface area contributed by atoms with E-state index >= 15 is 0 Å². The summed E-state index contributed by atoms with van der Waals surface area (Å²) in [5.41, 5.74) is 7.65. The molecule has 1 aromatic heterocycles. The number of phenols is 1. The summed E-state index contributed by atoms with van der Waals surface area (Å²) in [5, 5.41) is 19.8. The van der Waals surface area contributed by atoms with Crippen molar-refractivity contribution >= 4 is 66.1 Å². The van der Waals surface area contributed by atoms with Crippen LogP contribution in [0.1, 0.15) is 21.5 Å². The molecule has 4 rings (SSSR count). The highest BCUT2D eigenvalue weighted by Crippen LogP contribution is 2.33. The summed E-state index contributed by atoms with van der Waals surface area (Å²) in [5.74, 6) is -0.218. The molecule has 0 saturated carbocycles. The fourth-order valence-corrected chi connectivity index (χ4v) is 4.87. The maximum Gasteiger partial charge on any atom is 0.271 e. The maximum atomic E-state index is 12.4. The number of hydrogen-bond donors (Lipinski definition) is 3. The van der Waals surface area contributed by atoms with Crippen molar-refractivity contribution in [2.75, 3.05) is 5.32 Å². The minimum Gasteiger partial charge on any atom is -0.506 e. The number of nitrogens with one attached hydrogen (secondary N) is 2. The number of benzene rings is 3. The molecule has 0 aliphatic rings. The van der Waals surface area contributed by atoms with Crippen molar-refractivity contribution in [3.05, 3.63) is 91.7 Å². The first-order chi connectivity index (χ1) is 15.9. The Labute approximate surface area is 211 Å². The van der Waals surface area contributed by atoms with Gasteiger partial charge in [-0.1, -0.05) is 29.8 Å². The summed E-state index contributed by atoms with van der Waals surface area (Å²) in [6.07, 6.45) is 1.50. The van der Waals surface area contributed by atoms with E-state index in [1.807, 2.05) is 41.8 Å². The van der Waals surface area contributed by atoms with Gasteiger partial charge >= 0.3 is 0 Å². The van der Waals surface area contributed by atoms with E-state index < -0.39 is 0 Å². The normalized spacial score (nSPS) is 11.0. The van der Waals surface area contributed by atoms with E-state index in [9.17, 15) is 9.90 Å². The number of halogens is 2. The van der Waals surface area contributed by atoms with E-state index in [4.69, 9.17) is 0 Å². The van der Waals surface area contributed by atoms with Gasteiger partial charge in [-0.3, -0.25) is 4.79 Å². The van der Waals surface area contributed by atoms with Crippen molar-refractivity contribution in [3.8, 4) is 17.0 Å². The largest absolute Gasteiger partial charge is 0.506 e. The summed E-state index contributed by atoms with van der Waals surface area (Å²) in [6.45, 7) is 2.05. The Morgan fingerprint density at radius 3 is 2.39 bits per heavy atom. The summed E-state index contributed by atoms with van der Waals surface area (Å²) in [7, 11) is 0. The first-order valence-electron chi connectivity index (χ1n) is 9.80. The molecule has 6 nitrogen and oxygen atoms in total. The van der Waals surface area contributed by atoms with Gasteiger partial charge in [-0.05, 0) is 80.7 Å². The van der Waals surface area contributed by atoms with Crippen LogP contribution in [0.2, 0.25) is 0 Å². The lowest BCUT2D eigenvalue weighted by Crippen LogP contribution is -2.17. The number of thiazole rings is 1. The Kier molecular flexibility index (Phi) is 7.22. The van der Waals surface area contributed by atoms with Crippen LogP contribution in [-0.4, -0.2) is 22.2 Å². The first-order valence-corrected chi connectivity index (χ1v) is 12.3. The fraction of sp³-hybridized carbons (Fsp3) is 0.0417. The molecule has 0 saturated heterocycles. The molecule has 3 aromatic carbocycles. The van der Waals surface area contributed by atoms with Gasteiger partial charge in [0, 0.05) is 22.2 Å². The number of carbonyl (C=O) groups excluding carboxylic acids is 1. The average molecular weight is 586 g/mol. The van der Waals surface area contributed by atoms with Crippen molar-refractivity contribution in [1.29, 1.82) is 0 Å². The number of nitrogens with zero attached hydrogens (tertiary/aromatic N) is 2. The number of hydrazone groups is 1. The predicted octanol–water partition coefficient (Wildman–Crippen LogP) is 6.86. The predicted molar refractivity (Wildman–Crippen MR) is 141 cm³/mol. The molecule has 0 aliphatic heterocycles. The zero-order chi connectivity index (χ0) is 23.4. The van der Waals surface area contributed by atoms with Crippen LogP contribution in [-0.2, 0) is 0 Å². The van der Waals surface area contributed by atoms with Crippen LogP contribution in [0.4, 0.5) is 10.8 Å². The highest BCUT2D eigenvalue weighted by atomic mass is 79.9. The van der Waals surface area contributed by atoms with Gasteiger partial charge in [0.2, 0.25) is 0 Å². The second-order valence-electron chi connectivity index (χ2n) is 7.14. The smallest absolute Gasteiger partial charge is 0.271 e. The van der Waals surface area contributed by atoms with Gasteiger partial charge < -0.3 is 10.4 Å². The number of anilines is 2. The van der Waals surface area contributed by atoms with Crippen LogP contribution in [0, 0.1) is 6.92 Å². The first kappa shape index (κ1) is 23.2. The summed E-state index contributed by atoms with van der Waals surface area (Å²) < 4.78 is 1.05. The van der Waals surface area contributed by atoms with Gasteiger partial charge in [0.15, 0.2) is 5.13 Å². The summed E-state index contributed by atoms with van der Waals surface area (Å²) in [4.78, 5) is 17.0. The third kappa shape index (κ3) is 5.87. The summed E-state index contributed by atoms with van der Waals surface area (Å²) >= 11 is 8.05. The van der Waals surface area contributed by atoms with Crippen molar-refractivity contribution in [1.82, 2.24) is 10.4 Å². The molecule has 0 atom stereocenters. The molecule has 4 aromatic rings. The van der Waals surface area contributed by atoms with Gasteiger partial charge in [-0.2, -0.15) is 5.10 Å². The highest BCUT2D eigenvalue weighted by molar-refractivity contribution is 9.11. The number of aryl methyl sites for hydroxylation is 1. The van der Waals surface area contributed by atoms with Gasteiger partial charge in [0.05, 0.1) is 20.9 Å². The van der Waals surface area contributed by atoms with E-state index in [0.717, 1.165) is 22.1 Å². The van der Waals surface area contributed by atoms with Gasteiger partial charge in [0.1, 0.15) is 5.75 Å². The second kappa shape index (κ2) is 10.3. The molecule has 0 fully saturated rings. The number of phenolic OH excluding ortho intramolecular Hbond substituents is 1. The molecule has 0 spiro atoms. The third-order valence-electron chi connectivity index (χ3n) is 4.67. The van der Waals surface area contributed by atoms with Crippen LogP contribution in [0.3, 0.4) is 0 Å². The van der Waals surface area contributed by atoms with Crippen molar-refractivity contribution in [2.45, 2.75) is 6.92 Å². The van der Waals surface area contributed by atoms with Crippen molar-refractivity contribution < 1.29 is 9.90 Å². The number of hydrogen-bond acceptors (Lipinski definition) is 6. The lowest BCUT2D eigenvalue weighted by molar-refractivity contribution is 0.0955. The Morgan fingerprint density at radius 2 is 1.73 bits per heavy atom. The Morgan fingerprint density at radius 1 is 1.06 bits per heavy atom. The molecular weight excluding hydrogens is 568 g/mol. The molecule has 3 N–H and O–H groups in total. The van der Waals surface area contributed by atoms with Gasteiger partial charge in [-0.15, -0.1) is 11.3 Å². The molecule has 0 radical (unpaired) electrons. The molecule has 1 heterocycles. The topological polar surface area (TPSA) is 86.6 Å². The molecule has 0 bridgehead atoms. The fourth-order valence-electron chi connectivity index (χ4n) is 2.91. The highest BCUT2D eigenvalue weighted by Gasteiger charge is 2.09. The van der Waals surface area contributed by atoms with E-state index in [1.165, 1.54) is 23.1 Å². The quantitative estimate of drug-likeness (QED) is 0.170. The van der Waals surface area contributed by atoms with Crippen LogP contribution in [0.25, 0.3) is 11.3 Å². The monoisotopic (exact) mass is 584 g/mol. The summed E-state index contributed by atoms with van der Waals surface area (Å²) in [6, 6.07) is 18.7. The van der Waals surface area contributed by atoms with E-state index in [1.54, 1.807) is 24.3 Å². The van der Waals surface area contributed by atoms with E-state index in [0.29, 0.717) is 20.1 Å². The second-order valence-corrected chi connectivity index (χ2v) is 9.71. The molecule has 33 heavy (non-hydrogen) atoms. The van der Waals surface area contributed by atoms with Crippen LogP contribution >= 0.6 is 43.2 Å². The standard InChI is InChI=1S/C24H18Br2N4O2S/c1-14-2-8-18(9-3-14)28-24-29-21(13-33-24)16-4-6-17(7-5-16)23(32)30-27-12-15-10-19(25)22(31)20(26)11-15/h2-13,31H,1H3,(H,28,29)(H,30,32)/b27-12-. The van der Waals surface area contributed by atoms with Gasteiger partial charge in [0.25, 0.3) is 5.91 Å².